The quantitative estimate of drug-likeness (QED) is 0.836. The van der Waals surface area contributed by atoms with Crippen LogP contribution in [-0.2, 0) is 16.0 Å². The molecule has 0 unspecified atom stereocenters. The summed E-state index contributed by atoms with van der Waals surface area (Å²) < 4.78 is 11.0. The first-order chi connectivity index (χ1) is 10.7. The SMILES string of the molecule is O=C(Cc1cccs1)NNC(=O)[C@@H]1COc2ccccc2O1. The molecule has 2 aromatic rings. The highest BCUT2D eigenvalue weighted by Crippen LogP contribution is 2.30. The molecule has 1 aliphatic rings. The van der Waals surface area contributed by atoms with Gasteiger partial charge >= 0.3 is 0 Å². The summed E-state index contributed by atoms with van der Waals surface area (Å²) in [6, 6.07) is 10.9. The number of hydrogen-bond acceptors (Lipinski definition) is 5. The highest BCUT2D eigenvalue weighted by molar-refractivity contribution is 7.10. The van der Waals surface area contributed by atoms with Gasteiger partial charge in [0.05, 0.1) is 6.42 Å². The van der Waals surface area contributed by atoms with Crippen LogP contribution in [0.1, 0.15) is 4.88 Å². The van der Waals surface area contributed by atoms with Gasteiger partial charge in [-0.05, 0) is 23.6 Å². The van der Waals surface area contributed by atoms with Gasteiger partial charge in [0.15, 0.2) is 11.5 Å². The molecule has 7 heteroatoms. The van der Waals surface area contributed by atoms with Crippen molar-refractivity contribution in [3.8, 4) is 11.5 Å². The Morgan fingerprint density at radius 3 is 2.73 bits per heavy atom. The third-order valence-electron chi connectivity index (χ3n) is 3.04. The number of hydrogen-bond donors (Lipinski definition) is 2. The van der Waals surface area contributed by atoms with Crippen molar-refractivity contribution in [3.05, 3.63) is 46.7 Å². The van der Waals surface area contributed by atoms with Crippen molar-refractivity contribution in [1.29, 1.82) is 0 Å². The van der Waals surface area contributed by atoms with Crippen molar-refractivity contribution >= 4 is 23.2 Å². The molecule has 0 saturated carbocycles. The Kier molecular flexibility index (Phi) is 4.24. The maximum atomic E-state index is 12.0. The number of fused-ring (bicyclic) bond motifs is 1. The summed E-state index contributed by atoms with van der Waals surface area (Å²) in [5.41, 5.74) is 4.73. The van der Waals surface area contributed by atoms with Gasteiger partial charge in [-0.15, -0.1) is 11.3 Å². The molecule has 1 aliphatic heterocycles. The summed E-state index contributed by atoms with van der Waals surface area (Å²) >= 11 is 1.49. The molecule has 2 N–H and O–H groups in total. The molecule has 22 heavy (non-hydrogen) atoms. The molecule has 0 aliphatic carbocycles. The Morgan fingerprint density at radius 1 is 1.14 bits per heavy atom. The first-order valence-corrected chi connectivity index (χ1v) is 7.60. The zero-order valence-corrected chi connectivity index (χ0v) is 12.4. The molecule has 1 atom stereocenters. The van der Waals surface area contributed by atoms with Crippen molar-refractivity contribution in [2.24, 2.45) is 0 Å². The van der Waals surface area contributed by atoms with Crippen LogP contribution in [0.25, 0.3) is 0 Å². The molecule has 2 amide bonds. The standard InChI is InChI=1S/C15H14N2O4S/c18-14(8-10-4-3-7-22-10)16-17-15(19)13-9-20-11-5-1-2-6-12(11)21-13/h1-7,13H,8-9H2,(H,16,18)(H,17,19)/t13-/m0/s1. The number of rotatable bonds is 3. The topological polar surface area (TPSA) is 76.7 Å². The van der Waals surface area contributed by atoms with Crippen molar-refractivity contribution in [2.45, 2.75) is 12.5 Å². The summed E-state index contributed by atoms with van der Waals surface area (Å²) in [4.78, 5) is 24.6. The van der Waals surface area contributed by atoms with E-state index in [4.69, 9.17) is 9.47 Å². The third-order valence-corrected chi connectivity index (χ3v) is 3.92. The summed E-state index contributed by atoms with van der Waals surface area (Å²) in [7, 11) is 0. The number of para-hydroxylation sites is 2. The van der Waals surface area contributed by atoms with Gasteiger partial charge in [0.25, 0.3) is 5.91 Å². The minimum Gasteiger partial charge on any atom is -0.485 e. The predicted molar refractivity (Wildman–Crippen MR) is 80.7 cm³/mol. The zero-order valence-electron chi connectivity index (χ0n) is 11.6. The predicted octanol–water partition coefficient (Wildman–Crippen LogP) is 1.28. The Morgan fingerprint density at radius 2 is 1.95 bits per heavy atom. The van der Waals surface area contributed by atoms with Gasteiger partial charge in [0.1, 0.15) is 6.61 Å². The number of carbonyl (C=O) groups excluding carboxylic acids is 2. The maximum absolute atomic E-state index is 12.0. The van der Waals surface area contributed by atoms with Gasteiger partial charge in [0.2, 0.25) is 12.0 Å². The maximum Gasteiger partial charge on any atom is 0.283 e. The first kappa shape index (κ1) is 14.4. The molecule has 0 saturated heterocycles. The molecule has 0 fully saturated rings. The van der Waals surface area contributed by atoms with E-state index in [2.05, 4.69) is 10.9 Å². The fourth-order valence-corrected chi connectivity index (χ4v) is 2.68. The van der Waals surface area contributed by atoms with Gasteiger partial charge in [-0.25, -0.2) is 0 Å². The lowest BCUT2D eigenvalue weighted by molar-refractivity contribution is -0.134. The molecule has 1 aromatic carbocycles. The van der Waals surface area contributed by atoms with E-state index in [1.165, 1.54) is 11.3 Å². The number of ether oxygens (including phenoxy) is 2. The summed E-state index contributed by atoms with van der Waals surface area (Å²) in [5.74, 6) is 0.383. The molecular weight excluding hydrogens is 304 g/mol. The average Bonchev–Trinajstić information content (AvgIpc) is 3.05. The molecule has 3 rings (SSSR count). The lowest BCUT2D eigenvalue weighted by atomic mass is 10.2. The van der Waals surface area contributed by atoms with E-state index in [1.54, 1.807) is 18.2 Å². The fraction of sp³-hybridized carbons (Fsp3) is 0.200. The van der Waals surface area contributed by atoms with Crippen LogP contribution in [0.15, 0.2) is 41.8 Å². The molecular formula is C15H14N2O4S. The van der Waals surface area contributed by atoms with Gasteiger partial charge in [-0.3, -0.25) is 20.4 Å². The number of amides is 2. The summed E-state index contributed by atoms with van der Waals surface area (Å²) in [5, 5.41) is 1.89. The number of nitrogens with one attached hydrogen (secondary N) is 2. The van der Waals surface area contributed by atoms with Crippen LogP contribution in [0, 0.1) is 0 Å². The van der Waals surface area contributed by atoms with E-state index in [9.17, 15) is 9.59 Å². The number of hydrazine groups is 1. The van der Waals surface area contributed by atoms with E-state index in [1.807, 2.05) is 23.6 Å². The largest absolute Gasteiger partial charge is 0.485 e. The van der Waals surface area contributed by atoms with E-state index in [-0.39, 0.29) is 18.9 Å². The van der Waals surface area contributed by atoms with Crippen molar-refractivity contribution < 1.29 is 19.1 Å². The van der Waals surface area contributed by atoms with Crippen LogP contribution < -0.4 is 20.3 Å². The van der Waals surface area contributed by atoms with E-state index < -0.39 is 12.0 Å². The molecule has 0 bridgehead atoms. The summed E-state index contributed by atoms with van der Waals surface area (Å²) in [6.07, 6.45) is -0.569. The highest BCUT2D eigenvalue weighted by Gasteiger charge is 2.27. The average molecular weight is 318 g/mol. The van der Waals surface area contributed by atoms with Crippen LogP contribution in [0.4, 0.5) is 0 Å². The third kappa shape index (κ3) is 3.37. The Hall–Kier alpha value is -2.54. The van der Waals surface area contributed by atoms with E-state index in [0.29, 0.717) is 11.5 Å². The minimum atomic E-state index is -0.795. The van der Waals surface area contributed by atoms with Gasteiger partial charge < -0.3 is 9.47 Å². The van der Waals surface area contributed by atoms with Crippen LogP contribution in [-0.4, -0.2) is 24.5 Å². The van der Waals surface area contributed by atoms with Crippen molar-refractivity contribution in [2.75, 3.05) is 6.61 Å². The van der Waals surface area contributed by atoms with Gasteiger partial charge in [-0.1, -0.05) is 18.2 Å². The Bertz CT molecular complexity index is 672. The fourth-order valence-electron chi connectivity index (χ4n) is 1.98. The van der Waals surface area contributed by atoms with Crippen LogP contribution in [0.5, 0.6) is 11.5 Å². The van der Waals surface area contributed by atoms with Crippen LogP contribution in [0.3, 0.4) is 0 Å². The second kappa shape index (κ2) is 6.48. The van der Waals surface area contributed by atoms with Crippen molar-refractivity contribution in [3.63, 3.8) is 0 Å². The molecule has 2 heterocycles. The second-order valence-corrected chi connectivity index (χ2v) is 5.69. The highest BCUT2D eigenvalue weighted by atomic mass is 32.1. The Labute approximate surface area is 131 Å². The second-order valence-electron chi connectivity index (χ2n) is 4.66. The van der Waals surface area contributed by atoms with Crippen molar-refractivity contribution in [1.82, 2.24) is 10.9 Å². The lowest BCUT2D eigenvalue weighted by Gasteiger charge is -2.25. The number of thiophene rings is 1. The van der Waals surface area contributed by atoms with Gasteiger partial charge in [-0.2, -0.15) is 0 Å². The molecule has 0 radical (unpaired) electrons. The monoisotopic (exact) mass is 318 g/mol. The molecule has 6 nitrogen and oxygen atoms in total. The first-order valence-electron chi connectivity index (χ1n) is 6.72. The van der Waals surface area contributed by atoms with Crippen LogP contribution in [0.2, 0.25) is 0 Å². The Balaban J connectivity index is 1.49. The normalized spacial score (nSPS) is 15.9. The molecule has 1 aromatic heterocycles. The minimum absolute atomic E-state index is 0.101. The van der Waals surface area contributed by atoms with Crippen LogP contribution >= 0.6 is 11.3 Å². The molecule has 0 spiro atoms. The summed E-state index contributed by atoms with van der Waals surface area (Å²) in [6.45, 7) is 0.101. The lowest BCUT2D eigenvalue weighted by Crippen LogP contribution is -2.51. The van der Waals surface area contributed by atoms with E-state index in [0.717, 1.165) is 4.88 Å². The number of benzene rings is 1. The zero-order chi connectivity index (χ0) is 15.4. The smallest absolute Gasteiger partial charge is 0.283 e. The van der Waals surface area contributed by atoms with Gasteiger partial charge in [0, 0.05) is 4.88 Å². The number of carbonyl (C=O) groups is 2. The molecule has 114 valence electrons. The van der Waals surface area contributed by atoms with E-state index >= 15 is 0 Å².